The lowest BCUT2D eigenvalue weighted by Crippen LogP contribution is -2.34. The summed E-state index contributed by atoms with van der Waals surface area (Å²) >= 11 is 0. The number of esters is 2. The van der Waals surface area contributed by atoms with Crippen LogP contribution in [-0.2, 0) is 19.1 Å². The summed E-state index contributed by atoms with van der Waals surface area (Å²) < 4.78 is 10.9. The van der Waals surface area contributed by atoms with E-state index in [2.05, 4.69) is 10.6 Å². The van der Waals surface area contributed by atoms with E-state index in [1.807, 2.05) is 19.0 Å². The molecule has 1 atom stereocenters. The van der Waals surface area contributed by atoms with Crippen LogP contribution in [0.2, 0.25) is 0 Å². The summed E-state index contributed by atoms with van der Waals surface area (Å²) in [5.74, 6) is -3.43. The van der Waals surface area contributed by atoms with Crippen molar-refractivity contribution in [3.8, 4) is 5.75 Å². The van der Waals surface area contributed by atoms with Crippen LogP contribution in [0.15, 0.2) is 71.1 Å². The molecule has 2 aromatic rings. The molecule has 1 aliphatic rings. The predicted molar refractivity (Wildman–Crippen MR) is 145 cm³/mol. The number of carbonyl (C=O) groups excluding carboxylic acids is 3. The van der Waals surface area contributed by atoms with E-state index >= 15 is 0 Å². The van der Waals surface area contributed by atoms with Gasteiger partial charge in [-0.3, -0.25) is 14.9 Å². The van der Waals surface area contributed by atoms with Crippen LogP contribution >= 0.6 is 0 Å². The summed E-state index contributed by atoms with van der Waals surface area (Å²) in [4.78, 5) is 52.2. The molecular formula is C28H32N4O8. The molecule has 40 heavy (non-hydrogen) atoms. The molecule has 2 aromatic carbocycles. The highest BCUT2D eigenvalue weighted by molar-refractivity contribution is 6.00. The van der Waals surface area contributed by atoms with Crippen molar-refractivity contribution in [3.63, 3.8) is 0 Å². The molecule has 0 radical (unpaired) electrons. The highest BCUT2D eigenvalue weighted by Crippen LogP contribution is 2.42. The lowest BCUT2D eigenvalue weighted by molar-refractivity contribution is -0.385. The van der Waals surface area contributed by atoms with E-state index in [9.17, 15) is 29.6 Å². The molecule has 1 amide bonds. The number of rotatable bonds is 11. The summed E-state index contributed by atoms with van der Waals surface area (Å²) in [5.41, 5.74) is 0.736. The number of allylic oxidation sites excluding steroid dienone is 2. The Hall–Kier alpha value is -4.71. The molecular weight excluding hydrogens is 520 g/mol. The van der Waals surface area contributed by atoms with Crippen LogP contribution in [0.4, 0.5) is 5.69 Å². The average molecular weight is 553 g/mol. The number of phenolic OH excluding ortho intramolecular Hbond substituents is 1. The summed E-state index contributed by atoms with van der Waals surface area (Å²) in [6.45, 7) is 3.47. The van der Waals surface area contributed by atoms with Crippen molar-refractivity contribution < 1.29 is 33.9 Å². The van der Waals surface area contributed by atoms with Crippen LogP contribution in [0, 0.1) is 10.1 Å². The van der Waals surface area contributed by atoms with Crippen LogP contribution < -0.4 is 10.6 Å². The smallest absolute Gasteiger partial charge is 0.336 e. The summed E-state index contributed by atoms with van der Waals surface area (Å²) in [7, 11) is 3.64. The first-order chi connectivity index (χ1) is 19.0. The number of hydrogen-bond acceptors (Lipinski definition) is 10. The topological polar surface area (TPSA) is 160 Å². The third kappa shape index (κ3) is 7.03. The molecule has 0 saturated heterocycles. The highest BCUT2D eigenvalue weighted by atomic mass is 16.6. The average Bonchev–Trinajstić information content (AvgIpc) is 2.90. The Balaban J connectivity index is 1.87. The number of aromatic hydroxyl groups is 1. The van der Waals surface area contributed by atoms with E-state index in [1.165, 1.54) is 30.3 Å². The van der Waals surface area contributed by atoms with Crippen molar-refractivity contribution >= 4 is 23.5 Å². The predicted octanol–water partition coefficient (Wildman–Crippen LogP) is 2.61. The summed E-state index contributed by atoms with van der Waals surface area (Å²) in [6, 6.07) is 11.9. The minimum absolute atomic E-state index is 0.00601. The number of nitro groups is 1. The fourth-order valence-electron chi connectivity index (χ4n) is 4.29. The molecule has 12 heteroatoms. The molecule has 3 rings (SSSR count). The van der Waals surface area contributed by atoms with Gasteiger partial charge in [-0.25, -0.2) is 9.59 Å². The first kappa shape index (κ1) is 29.8. The molecule has 0 fully saturated rings. The minimum Gasteiger partial charge on any atom is -0.507 e. The van der Waals surface area contributed by atoms with Gasteiger partial charge in [0.2, 0.25) is 0 Å². The fourth-order valence-corrected chi connectivity index (χ4v) is 4.29. The van der Waals surface area contributed by atoms with Gasteiger partial charge in [-0.1, -0.05) is 30.3 Å². The van der Waals surface area contributed by atoms with Crippen molar-refractivity contribution in [2.75, 3.05) is 40.4 Å². The van der Waals surface area contributed by atoms with Gasteiger partial charge in [-0.05, 0) is 40.1 Å². The van der Waals surface area contributed by atoms with Crippen LogP contribution in [0.5, 0.6) is 5.75 Å². The second-order valence-corrected chi connectivity index (χ2v) is 9.30. The zero-order valence-corrected chi connectivity index (χ0v) is 22.7. The largest absolute Gasteiger partial charge is 0.507 e. The second-order valence-electron chi connectivity index (χ2n) is 9.30. The number of likely N-dealkylation sites (N-methyl/N-ethyl adjacent to an activating group) is 1. The van der Waals surface area contributed by atoms with E-state index in [0.717, 1.165) is 0 Å². The molecule has 1 heterocycles. The molecule has 0 aromatic heterocycles. The van der Waals surface area contributed by atoms with E-state index < -0.39 is 28.7 Å². The van der Waals surface area contributed by atoms with Gasteiger partial charge in [0.1, 0.15) is 19.0 Å². The van der Waals surface area contributed by atoms with Gasteiger partial charge in [-0.15, -0.1) is 0 Å². The number of dihydropyridines is 1. The third-order valence-corrected chi connectivity index (χ3v) is 6.19. The van der Waals surface area contributed by atoms with Crippen LogP contribution in [0.3, 0.4) is 0 Å². The molecule has 0 saturated carbocycles. The standard InChI is InChI=1S/C28H32N4O8/c1-17-23(27(35)39-15-13-29-26(34)20-10-6-8-12-22(20)33)25(19-9-5-7-11-21(19)32(37)38)24(18(2)30-17)28(36)40-16-14-31(3)4/h5-12,25,30,33H,13-16H2,1-4H3,(H,29,34)/t25-/m1/s1. The fraction of sp³-hybridized carbons (Fsp3) is 0.321. The summed E-state index contributed by atoms with van der Waals surface area (Å²) in [5, 5.41) is 27.3. The van der Waals surface area contributed by atoms with E-state index in [0.29, 0.717) is 17.9 Å². The number of carbonyl (C=O) groups is 3. The van der Waals surface area contributed by atoms with Crippen molar-refractivity contribution in [1.29, 1.82) is 0 Å². The minimum atomic E-state index is -1.14. The quantitative estimate of drug-likeness (QED) is 0.164. The molecule has 212 valence electrons. The van der Waals surface area contributed by atoms with E-state index in [1.54, 1.807) is 32.0 Å². The maximum atomic E-state index is 13.4. The molecule has 0 bridgehead atoms. The first-order valence-corrected chi connectivity index (χ1v) is 12.5. The number of nitrogens with one attached hydrogen (secondary N) is 2. The zero-order chi connectivity index (χ0) is 29.4. The lowest BCUT2D eigenvalue weighted by atomic mass is 9.79. The van der Waals surface area contributed by atoms with Gasteiger partial charge in [0.15, 0.2) is 0 Å². The number of benzene rings is 2. The highest BCUT2D eigenvalue weighted by Gasteiger charge is 2.40. The second kappa shape index (κ2) is 13.4. The molecule has 0 spiro atoms. The lowest BCUT2D eigenvalue weighted by Gasteiger charge is -2.30. The number of ether oxygens (including phenoxy) is 2. The molecule has 0 aliphatic carbocycles. The maximum absolute atomic E-state index is 13.4. The Kier molecular flexibility index (Phi) is 9.98. The van der Waals surface area contributed by atoms with Crippen LogP contribution in [0.1, 0.15) is 35.7 Å². The number of hydrogen-bond donors (Lipinski definition) is 3. The van der Waals surface area contributed by atoms with E-state index in [-0.39, 0.29) is 53.5 Å². The Morgan fingerprint density at radius 2 is 1.55 bits per heavy atom. The van der Waals surface area contributed by atoms with Gasteiger partial charge in [-0.2, -0.15) is 0 Å². The zero-order valence-electron chi connectivity index (χ0n) is 22.7. The monoisotopic (exact) mass is 552 g/mol. The van der Waals surface area contributed by atoms with Crippen LogP contribution in [-0.4, -0.2) is 73.2 Å². The first-order valence-electron chi connectivity index (χ1n) is 12.5. The van der Waals surface area contributed by atoms with E-state index in [4.69, 9.17) is 9.47 Å². The van der Waals surface area contributed by atoms with Crippen molar-refractivity contribution in [2.24, 2.45) is 0 Å². The van der Waals surface area contributed by atoms with Gasteiger partial charge in [0.25, 0.3) is 11.6 Å². The van der Waals surface area contributed by atoms with Gasteiger partial charge >= 0.3 is 11.9 Å². The number of para-hydroxylation sites is 2. The molecule has 3 N–H and O–H groups in total. The molecule has 0 unspecified atom stereocenters. The van der Waals surface area contributed by atoms with Crippen LogP contribution in [0.25, 0.3) is 0 Å². The Morgan fingerprint density at radius 1 is 0.975 bits per heavy atom. The number of amides is 1. The van der Waals surface area contributed by atoms with Crippen molar-refractivity contribution in [2.45, 2.75) is 19.8 Å². The third-order valence-electron chi connectivity index (χ3n) is 6.19. The number of phenols is 1. The normalized spacial score (nSPS) is 15.0. The maximum Gasteiger partial charge on any atom is 0.336 e. The SMILES string of the molecule is CC1=C(C(=O)OCCNC(=O)c2ccccc2O)[C@@H](c2ccccc2[N+](=O)[O-])C(C(=O)OCCN(C)C)=C(C)N1. The van der Waals surface area contributed by atoms with Crippen molar-refractivity contribution in [1.82, 2.24) is 15.5 Å². The van der Waals surface area contributed by atoms with Crippen molar-refractivity contribution in [3.05, 3.63) is 92.3 Å². The number of nitro benzene ring substituents is 1. The Bertz CT molecular complexity index is 1370. The van der Waals surface area contributed by atoms with Gasteiger partial charge in [0.05, 0.1) is 34.1 Å². The summed E-state index contributed by atoms with van der Waals surface area (Å²) in [6.07, 6.45) is 0. The van der Waals surface area contributed by atoms with Gasteiger partial charge in [0, 0.05) is 29.6 Å². The molecule has 1 aliphatic heterocycles. The Labute approximate surface area is 231 Å². The van der Waals surface area contributed by atoms with Gasteiger partial charge < -0.3 is 30.1 Å². The number of nitrogens with zero attached hydrogens (tertiary/aromatic N) is 2. The molecule has 12 nitrogen and oxygen atoms in total. The Morgan fingerprint density at radius 3 is 2.15 bits per heavy atom.